The zero-order valence-electron chi connectivity index (χ0n) is 13.6. The Balaban J connectivity index is 1.57. The molecule has 3 rings (SSSR count). The SMILES string of the molecule is O=C(NCc1ccc(F)cc1)c1ncn(C[C@H](O)c2ccc(F)cc2)n1. The fourth-order valence-corrected chi connectivity index (χ4v) is 2.32. The average Bonchev–Trinajstić information content (AvgIpc) is 3.10. The molecule has 0 bridgehead atoms. The lowest BCUT2D eigenvalue weighted by molar-refractivity contribution is 0.0938. The Morgan fingerprint density at radius 3 is 2.35 bits per heavy atom. The van der Waals surface area contributed by atoms with Crippen molar-refractivity contribution in [1.82, 2.24) is 20.1 Å². The number of aliphatic hydroxyl groups excluding tert-OH is 1. The Morgan fingerprint density at radius 1 is 1.08 bits per heavy atom. The van der Waals surface area contributed by atoms with Crippen LogP contribution in [0.4, 0.5) is 8.78 Å². The van der Waals surface area contributed by atoms with Gasteiger partial charge in [0.1, 0.15) is 18.0 Å². The lowest BCUT2D eigenvalue weighted by Gasteiger charge is -2.10. The third-order valence-corrected chi connectivity index (χ3v) is 3.72. The maximum Gasteiger partial charge on any atom is 0.291 e. The van der Waals surface area contributed by atoms with Crippen LogP contribution in [0.3, 0.4) is 0 Å². The molecule has 1 amide bonds. The lowest BCUT2D eigenvalue weighted by atomic mass is 10.1. The van der Waals surface area contributed by atoms with Crippen molar-refractivity contribution in [2.75, 3.05) is 0 Å². The minimum Gasteiger partial charge on any atom is -0.386 e. The summed E-state index contributed by atoms with van der Waals surface area (Å²) in [7, 11) is 0. The van der Waals surface area contributed by atoms with Crippen LogP contribution < -0.4 is 5.32 Å². The molecule has 26 heavy (non-hydrogen) atoms. The van der Waals surface area contributed by atoms with Crippen molar-refractivity contribution in [3.63, 3.8) is 0 Å². The molecule has 8 heteroatoms. The molecule has 0 aliphatic rings. The monoisotopic (exact) mass is 358 g/mol. The van der Waals surface area contributed by atoms with E-state index >= 15 is 0 Å². The second kappa shape index (κ2) is 7.83. The summed E-state index contributed by atoms with van der Waals surface area (Å²) in [6.45, 7) is 0.287. The molecule has 0 aliphatic carbocycles. The maximum absolute atomic E-state index is 12.9. The Labute approximate surface area is 148 Å². The zero-order valence-corrected chi connectivity index (χ0v) is 13.6. The van der Waals surface area contributed by atoms with E-state index < -0.39 is 12.0 Å². The summed E-state index contributed by atoms with van der Waals surface area (Å²) >= 11 is 0. The molecule has 2 N–H and O–H groups in total. The van der Waals surface area contributed by atoms with Crippen LogP contribution in [0, 0.1) is 11.6 Å². The van der Waals surface area contributed by atoms with E-state index in [1.165, 1.54) is 47.4 Å². The second-order valence-electron chi connectivity index (χ2n) is 5.67. The van der Waals surface area contributed by atoms with E-state index in [4.69, 9.17) is 0 Å². The first-order valence-corrected chi connectivity index (χ1v) is 7.87. The molecule has 134 valence electrons. The molecule has 1 heterocycles. The molecule has 0 fully saturated rings. The third kappa shape index (κ3) is 4.48. The van der Waals surface area contributed by atoms with Crippen molar-refractivity contribution in [3.05, 3.63) is 83.4 Å². The molecule has 3 aromatic rings. The Morgan fingerprint density at radius 2 is 1.69 bits per heavy atom. The number of halogens is 2. The highest BCUT2D eigenvalue weighted by Crippen LogP contribution is 2.15. The molecule has 6 nitrogen and oxygen atoms in total. The van der Waals surface area contributed by atoms with Gasteiger partial charge in [0.05, 0.1) is 12.6 Å². The first-order chi connectivity index (χ1) is 12.5. The maximum atomic E-state index is 12.9. The molecule has 1 aromatic heterocycles. The minimum atomic E-state index is -0.910. The number of rotatable bonds is 6. The van der Waals surface area contributed by atoms with Crippen LogP contribution in [0.2, 0.25) is 0 Å². The number of hydrogen-bond acceptors (Lipinski definition) is 4. The van der Waals surface area contributed by atoms with Gasteiger partial charge < -0.3 is 10.4 Å². The van der Waals surface area contributed by atoms with E-state index in [1.807, 2.05) is 0 Å². The molecular weight excluding hydrogens is 342 g/mol. The zero-order chi connectivity index (χ0) is 18.5. The van der Waals surface area contributed by atoms with Gasteiger partial charge in [0.2, 0.25) is 5.82 Å². The Bertz CT molecular complexity index is 879. The van der Waals surface area contributed by atoms with Crippen LogP contribution in [0.5, 0.6) is 0 Å². The predicted molar refractivity (Wildman–Crippen MR) is 89.0 cm³/mol. The van der Waals surface area contributed by atoms with Crippen LogP contribution in [0.1, 0.15) is 27.8 Å². The second-order valence-corrected chi connectivity index (χ2v) is 5.67. The molecule has 2 aromatic carbocycles. The van der Waals surface area contributed by atoms with Gasteiger partial charge in [-0.15, -0.1) is 5.10 Å². The first-order valence-electron chi connectivity index (χ1n) is 7.87. The van der Waals surface area contributed by atoms with Crippen molar-refractivity contribution < 1.29 is 18.7 Å². The van der Waals surface area contributed by atoms with Gasteiger partial charge in [-0.05, 0) is 35.4 Å². The van der Waals surface area contributed by atoms with Crippen LogP contribution in [-0.2, 0) is 13.1 Å². The summed E-state index contributed by atoms with van der Waals surface area (Å²) in [6.07, 6.45) is 0.423. The number of carbonyl (C=O) groups is 1. The largest absolute Gasteiger partial charge is 0.386 e. The van der Waals surface area contributed by atoms with Gasteiger partial charge in [0, 0.05) is 6.54 Å². The van der Waals surface area contributed by atoms with Crippen LogP contribution in [-0.4, -0.2) is 25.8 Å². The molecular formula is C18H16F2N4O2. The highest BCUT2D eigenvalue weighted by Gasteiger charge is 2.14. The molecule has 0 unspecified atom stereocenters. The van der Waals surface area contributed by atoms with E-state index in [0.29, 0.717) is 5.56 Å². The van der Waals surface area contributed by atoms with Gasteiger partial charge in [0.15, 0.2) is 0 Å². The molecule has 0 radical (unpaired) electrons. The van der Waals surface area contributed by atoms with Crippen molar-refractivity contribution in [1.29, 1.82) is 0 Å². The van der Waals surface area contributed by atoms with E-state index in [-0.39, 0.29) is 30.5 Å². The summed E-state index contributed by atoms with van der Waals surface area (Å²) in [5.74, 6) is -1.26. The van der Waals surface area contributed by atoms with Crippen molar-refractivity contribution >= 4 is 5.91 Å². The normalized spacial score (nSPS) is 12.0. The van der Waals surface area contributed by atoms with Gasteiger partial charge in [-0.25, -0.2) is 18.4 Å². The minimum absolute atomic E-state index is 0.0431. The summed E-state index contributed by atoms with van der Waals surface area (Å²) in [4.78, 5) is 16.0. The van der Waals surface area contributed by atoms with E-state index in [2.05, 4.69) is 15.4 Å². The molecule has 1 atom stereocenters. The number of nitrogens with one attached hydrogen (secondary N) is 1. The standard InChI is InChI=1S/C18H16F2N4O2/c19-14-5-1-12(2-6-14)9-21-18(26)17-22-11-24(23-17)10-16(25)13-3-7-15(20)8-4-13/h1-8,11,16,25H,9-10H2,(H,21,26)/t16-/m0/s1. The number of aromatic nitrogens is 3. The number of hydrogen-bond donors (Lipinski definition) is 2. The molecule has 0 saturated heterocycles. The number of benzene rings is 2. The van der Waals surface area contributed by atoms with Gasteiger partial charge in [0.25, 0.3) is 5.91 Å². The third-order valence-electron chi connectivity index (χ3n) is 3.72. The van der Waals surface area contributed by atoms with Crippen LogP contribution in [0.15, 0.2) is 54.9 Å². The van der Waals surface area contributed by atoms with Crippen molar-refractivity contribution in [3.8, 4) is 0 Å². The Hall–Kier alpha value is -3.13. The van der Waals surface area contributed by atoms with Gasteiger partial charge in [-0.1, -0.05) is 24.3 Å². The number of carbonyl (C=O) groups excluding carboxylic acids is 1. The van der Waals surface area contributed by atoms with Gasteiger partial charge in [-0.2, -0.15) is 0 Å². The summed E-state index contributed by atoms with van der Waals surface area (Å²) in [6, 6.07) is 11.2. The quantitative estimate of drug-likeness (QED) is 0.708. The van der Waals surface area contributed by atoms with Crippen molar-refractivity contribution in [2.45, 2.75) is 19.2 Å². The topological polar surface area (TPSA) is 80.0 Å². The Kier molecular flexibility index (Phi) is 5.33. The molecule has 0 aliphatic heterocycles. The molecule has 0 spiro atoms. The number of aliphatic hydroxyl groups is 1. The highest BCUT2D eigenvalue weighted by atomic mass is 19.1. The lowest BCUT2D eigenvalue weighted by Crippen LogP contribution is -2.24. The number of amides is 1. The summed E-state index contributed by atoms with van der Waals surface area (Å²) in [5.41, 5.74) is 1.27. The fourth-order valence-electron chi connectivity index (χ4n) is 2.32. The van der Waals surface area contributed by atoms with Gasteiger partial charge >= 0.3 is 0 Å². The number of nitrogens with zero attached hydrogens (tertiary/aromatic N) is 3. The molecule has 0 saturated carbocycles. The average molecular weight is 358 g/mol. The fraction of sp³-hybridized carbons (Fsp3) is 0.167. The smallest absolute Gasteiger partial charge is 0.291 e. The van der Waals surface area contributed by atoms with E-state index in [1.54, 1.807) is 12.1 Å². The highest BCUT2D eigenvalue weighted by molar-refractivity contribution is 5.90. The van der Waals surface area contributed by atoms with Crippen molar-refractivity contribution in [2.24, 2.45) is 0 Å². The van der Waals surface area contributed by atoms with Crippen LogP contribution in [0.25, 0.3) is 0 Å². The summed E-state index contributed by atoms with van der Waals surface area (Å²) in [5, 5.41) is 16.8. The summed E-state index contributed by atoms with van der Waals surface area (Å²) < 4.78 is 27.1. The van der Waals surface area contributed by atoms with E-state index in [9.17, 15) is 18.7 Å². The van der Waals surface area contributed by atoms with Gasteiger partial charge in [-0.3, -0.25) is 4.79 Å². The first kappa shape index (κ1) is 17.7. The van der Waals surface area contributed by atoms with E-state index in [0.717, 1.165) is 5.56 Å². The predicted octanol–water partition coefficient (Wildman–Crippen LogP) is 2.22. The van der Waals surface area contributed by atoms with Crippen LogP contribution >= 0.6 is 0 Å².